The van der Waals surface area contributed by atoms with Gasteiger partial charge in [-0.05, 0) is 43.0 Å². The lowest BCUT2D eigenvalue weighted by Crippen LogP contribution is -2.41. The zero-order chi connectivity index (χ0) is 21.2. The van der Waals surface area contributed by atoms with Crippen molar-refractivity contribution in [1.82, 2.24) is 8.87 Å². The van der Waals surface area contributed by atoms with E-state index in [-0.39, 0.29) is 5.69 Å². The van der Waals surface area contributed by atoms with Crippen LogP contribution in [0.1, 0.15) is 19.8 Å². The fourth-order valence-corrected chi connectivity index (χ4v) is 4.70. The molecule has 0 saturated carbocycles. The van der Waals surface area contributed by atoms with E-state index in [1.807, 2.05) is 6.92 Å². The molecular formula is C19H21F2N3O4S. The summed E-state index contributed by atoms with van der Waals surface area (Å²) in [6, 6.07) is 5.15. The van der Waals surface area contributed by atoms with Gasteiger partial charge in [-0.3, -0.25) is 9.59 Å². The molecule has 1 saturated heterocycles. The lowest BCUT2D eigenvalue weighted by Gasteiger charge is -2.29. The summed E-state index contributed by atoms with van der Waals surface area (Å²) in [6.45, 7) is 2.16. The molecule has 1 aromatic carbocycles. The summed E-state index contributed by atoms with van der Waals surface area (Å²) in [5, 5.41) is 2.18. The molecule has 0 bridgehead atoms. The van der Waals surface area contributed by atoms with Gasteiger partial charge < -0.3 is 9.88 Å². The van der Waals surface area contributed by atoms with Crippen molar-refractivity contribution in [2.45, 2.75) is 31.2 Å². The minimum Gasteiger partial charge on any atom is -0.322 e. The van der Waals surface area contributed by atoms with Gasteiger partial charge in [-0.1, -0.05) is 6.92 Å². The largest absolute Gasteiger partial charge is 0.322 e. The number of hydrogen-bond donors (Lipinski definition) is 1. The molecule has 1 N–H and O–H groups in total. The highest BCUT2D eigenvalue weighted by molar-refractivity contribution is 7.89. The second-order valence-corrected chi connectivity index (χ2v) is 8.97. The smallest absolute Gasteiger partial charge is 0.271 e. The molecule has 7 nitrogen and oxygen atoms in total. The second kappa shape index (κ2) is 8.42. The van der Waals surface area contributed by atoms with Gasteiger partial charge in [0.05, 0.1) is 5.69 Å². The van der Waals surface area contributed by atoms with Crippen LogP contribution in [-0.2, 0) is 21.4 Å². The summed E-state index contributed by atoms with van der Waals surface area (Å²) in [7, 11) is -3.99. The van der Waals surface area contributed by atoms with Crippen LogP contribution in [0, 0.1) is 17.6 Å². The Labute approximate surface area is 167 Å². The van der Waals surface area contributed by atoms with Crippen molar-refractivity contribution in [3.05, 3.63) is 58.5 Å². The Morgan fingerprint density at radius 1 is 1.21 bits per heavy atom. The van der Waals surface area contributed by atoms with Crippen molar-refractivity contribution in [1.29, 1.82) is 0 Å². The molecule has 1 aliphatic heterocycles. The maximum atomic E-state index is 13.7. The highest BCUT2D eigenvalue weighted by atomic mass is 32.2. The van der Waals surface area contributed by atoms with Crippen molar-refractivity contribution in [2.24, 2.45) is 5.92 Å². The molecule has 0 atom stereocenters. The summed E-state index contributed by atoms with van der Waals surface area (Å²) in [6.07, 6.45) is 2.69. The van der Waals surface area contributed by atoms with Gasteiger partial charge in [-0.2, -0.15) is 4.31 Å². The topological polar surface area (TPSA) is 88.5 Å². The Morgan fingerprint density at radius 3 is 2.59 bits per heavy atom. The number of carbonyl (C=O) groups excluding carboxylic acids is 1. The molecule has 3 rings (SSSR count). The first-order chi connectivity index (χ1) is 13.7. The highest BCUT2D eigenvalue weighted by Crippen LogP contribution is 2.22. The Morgan fingerprint density at radius 2 is 1.90 bits per heavy atom. The minimum absolute atomic E-state index is 0.331. The Kier molecular flexibility index (Phi) is 6.13. The lowest BCUT2D eigenvalue weighted by atomic mass is 10.0. The second-order valence-electron chi connectivity index (χ2n) is 7.06. The summed E-state index contributed by atoms with van der Waals surface area (Å²) >= 11 is 0. The van der Waals surface area contributed by atoms with Gasteiger partial charge in [0.2, 0.25) is 15.9 Å². The van der Waals surface area contributed by atoms with Crippen LogP contribution < -0.4 is 10.9 Å². The number of halogens is 2. The van der Waals surface area contributed by atoms with Gasteiger partial charge in [0.1, 0.15) is 23.1 Å². The molecule has 10 heteroatoms. The van der Waals surface area contributed by atoms with Crippen LogP contribution in [0.15, 0.2) is 46.2 Å². The predicted molar refractivity (Wildman–Crippen MR) is 103 cm³/mol. The minimum atomic E-state index is -3.99. The van der Waals surface area contributed by atoms with Crippen molar-refractivity contribution < 1.29 is 22.0 Å². The highest BCUT2D eigenvalue weighted by Gasteiger charge is 2.30. The van der Waals surface area contributed by atoms with Crippen molar-refractivity contribution in [3.63, 3.8) is 0 Å². The molecule has 29 heavy (non-hydrogen) atoms. The van der Waals surface area contributed by atoms with Gasteiger partial charge in [-0.15, -0.1) is 0 Å². The third-order valence-corrected chi connectivity index (χ3v) is 6.77. The maximum absolute atomic E-state index is 13.7. The van der Waals surface area contributed by atoms with E-state index in [1.165, 1.54) is 22.6 Å². The molecule has 2 aromatic rings. The van der Waals surface area contributed by atoms with Crippen LogP contribution in [0.25, 0.3) is 0 Å². The van der Waals surface area contributed by atoms with E-state index in [2.05, 4.69) is 5.32 Å². The number of anilines is 1. The number of piperidine rings is 1. The average Bonchev–Trinajstić information content (AvgIpc) is 2.66. The number of amides is 1. The quantitative estimate of drug-likeness (QED) is 0.795. The van der Waals surface area contributed by atoms with E-state index in [4.69, 9.17) is 0 Å². The molecule has 1 fully saturated rings. The molecule has 0 aliphatic carbocycles. The normalized spacial score (nSPS) is 16.0. The Balaban J connectivity index is 1.81. The summed E-state index contributed by atoms with van der Waals surface area (Å²) in [4.78, 5) is 24.4. The SMILES string of the molecule is CC1CCN(S(=O)(=O)c2cccn(CC(=O)Nc3cc(F)ccc3F)c2=O)CC1. The zero-order valence-electron chi connectivity index (χ0n) is 15.8. The van der Waals surface area contributed by atoms with Crippen LogP contribution in [0.4, 0.5) is 14.5 Å². The molecule has 1 amide bonds. The van der Waals surface area contributed by atoms with Crippen LogP contribution in [0.5, 0.6) is 0 Å². The first-order valence-corrected chi connectivity index (χ1v) is 10.6. The van der Waals surface area contributed by atoms with Crippen molar-refractivity contribution in [3.8, 4) is 0 Å². The van der Waals surface area contributed by atoms with E-state index < -0.39 is 44.6 Å². The number of hydrogen-bond acceptors (Lipinski definition) is 4. The zero-order valence-corrected chi connectivity index (χ0v) is 16.6. The number of nitrogens with one attached hydrogen (secondary N) is 1. The Bertz CT molecular complexity index is 1080. The molecule has 2 heterocycles. The van der Waals surface area contributed by atoms with Gasteiger partial charge in [-0.25, -0.2) is 17.2 Å². The molecule has 1 aliphatic rings. The van der Waals surface area contributed by atoms with Gasteiger partial charge in [0.15, 0.2) is 0 Å². The summed E-state index contributed by atoms with van der Waals surface area (Å²) < 4.78 is 54.8. The summed E-state index contributed by atoms with van der Waals surface area (Å²) in [5.41, 5.74) is -1.21. The molecular weight excluding hydrogens is 404 g/mol. The van der Waals surface area contributed by atoms with Crippen molar-refractivity contribution >= 4 is 21.6 Å². The van der Waals surface area contributed by atoms with Gasteiger partial charge >= 0.3 is 0 Å². The number of nitrogens with zero attached hydrogens (tertiary/aromatic N) is 2. The molecule has 156 valence electrons. The van der Waals surface area contributed by atoms with Crippen LogP contribution in [0.2, 0.25) is 0 Å². The average molecular weight is 425 g/mol. The maximum Gasteiger partial charge on any atom is 0.271 e. The number of aromatic nitrogens is 1. The molecule has 1 aromatic heterocycles. The van der Waals surface area contributed by atoms with Crippen molar-refractivity contribution in [2.75, 3.05) is 18.4 Å². The number of pyridine rings is 1. The van der Waals surface area contributed by atoms with Gasteiger partial charge in [0, 0.05) is 25.4 Å². The van der Waals surface area contributed by atoms with E-state index >= 15 is 0 Å². The standard InChI is InChI=1S/C19H21F2N3O4S/c1-13-6-9-24(10-7-13)29(27,28)17-3-2-8-23(19(17)26)12-18(25)22-16-11-14(20)4-5-15(16)21/h2-5,8,11,13H,6-7,9-10,12H2,1H3,(H,22,25). The van der Waals surface area contributed by atoms with Crippen LogP contribution >= 0.6 is 0 Å². The monoisotopic (exact) mass is 425 g/mol. The van der Waals surface area contributed by atoms with E-state index in [0.29, 0.717) is 31.8 Å². The fourth-order valence-electron chi connectivity index (χ4n) is 3.14. The van der Waals surface area contributed by atoms with E-state index in [1.54, 1.807) is 0 Å². The number of sulfonamides is 1. The third-order valence-electron chi connectivity index (χ3n) is 4.86. The Hall–Kier alpha value is -2.59. The summed E-state index contributed by atoms with van der Waals surface area (Å²) in [5.74, 6) is -1.94. The first-order valence-electron chi connectivity index (χ1n) is 9.13. The number of rotatable bonds is 5. The predicted octanol–water partition coefficient (Wildman–Crippen LogP) is 2.19. The lowest BCUT2D eigenvalue weighted by molar-refractivity contribution is -0.116. The number of benzene rings is 1. The molecule has 0 spiro atoms. The van der Waals surface area contributed by atoms with E-state index in [0.717, 1.165) is 22.8 Å². The van der Waals surface area contributed by atoms with Gasteiger partial charge in [0.25, 0.3) is 5.56 Å². The van der Waals surface area contributed by atoms with E-state index in [9.17, 15) is 26.8 Å². The fraction of sp³-hybridized carbons (Fsp3) is 0.368. The first kappa shape index (κ1) is 21.1. The van der Waals surface area contributed by atoms with Crippen LogP contribution in [-0.4, -0.2) is 36.3 Å². The number of carbonyl (C=O) groups is 1. The third kappa shape index (κ3) is 4.70. The molecule has 0 radical (unpaired) electrons. The molecule has 0 unspecified atom stereocenters. The van der Waals surface area contributed by atoms with Crippen LogP contribution in [0.3, 0.4) is 0 Å².